The Bertz CT molecular complexity index is 689. The van der Waals surface area contributed by atoms with Gasteiger partial charge in [0.05, 0.1) is 12.2 Å². The lowest BCUT2D eigenvalue weighted by Crippen LogP contribution is -2.29. The van der Waals surface area contributed by atoms with Gasteiger partial charge in [0, 0.05) is 6.54 Å². The molecule has 0 aliphatic heterocycles. The third-order valence-electron chi connectivity index (χ3n) is 3.21. The largest absolute Gasteiger partial charge is 0.374 e. The van der Waals surface area contributed by atoms with E-state index in [-0.39, 0.29) is 18.1 Å². The van der Waals surface area contributed by atoms with Gasteiger partial charge in [-0.05, 0) is 30.2 Å². The summed E-state index contributed by atoms with van der Waals surface area (Å²) in [6, 6.07) is 9.42. The van der Waals surface area contributed by atoms with Crippen LogP contribution in [0.25, 0.3) is 0 Å². The number of carbonyl (C=O) groups excluding carboxylic acids is 1. The van der Waals surface area contributed by atoms with E-state index in [4.69, 9.17) is 0 Å². The number of aryl methyl sites for hydroxylation is 1. The summed E-state index contributed by atoms with van der Waals surface area (Å²) in [6.45, 7) is 2.03. The van der Waals surface area contributed by atoms with Gasteiger partial charge >= 0.3 is 0 Å². The summed E-state index contributed by atoms with van der Waals surface area (Å²) in [5.74, 6) is -4.56. The van der Waals surface area contributed by atoms with Crippen LogP contribution >= 0.6 is 0 Å². The number of carbonyl (C=O) groups is 1. The van der Waals surface area contributed by atoms with Crippen LogP contribution in [-0.4, -0.2) is 12.5 Å². The summed E-state index contributed by atoms with van der Waals surface area (Å²) in [5, 5.41) is 5.10. The van der Waals surface area contributed by atoms with E-state index in [1.807, 2.05) is 31.2 Å². The number of benzene rings is 2. The van der Waals surface area contributed by atoms with E-state index < -0.39 is 17.5 Å². The van der Waals surface area contributed by atoms with E-state index in [0.29, 0.717) is 6.54 Å². The van der Waals surface area contributed by atoms with Gasteiger partial charge in [0.1, 0.15) is 0 Å². The van der Waals surface area contributed by atoms with Crippen molar-refractivity contribution in [1.82, 2.24) is 5.32 Å². The molecule has 116 valence electrons. The molecule has 0 saturated carbocycles. The molecule has 0 aliphatic rings. The van der Waals surface area contributed by atoms with Crippen LogP contribution in [0.15, 0.2) is 36.4 Å². The molecule has 0 heterocycles. The van der Waals surface area contributed by atoms with Crippen molar-refractivity contribution < 1.29 is 18.0 Å². The molecule has 2 N–H and O–H groups in total. The quantitative estimate of drug-likeness (QED) is 0.833. The third kappa shape index (κ3) is 3.78. The van der Waals surface area contributed by atoms with E-state index in [9.17, 15) is 18.0 Å². The Morgan fingerprint density at radius 2 is 1.77 bits per heavy atom. The van der Waals surface area contributed by atoms with Gasteiger partial charge in [0.2, 0.25) is 5.91 Å². The van der Waals surface area contributed by atoms with Crippen LogP contribution in [0.1, 0.15) is 11.1 Å². The Morgan fingerprint density at radius 3 is 2.50 bits per heavy atom. The van der Waals surface area contributed by atoms with E-state index >= 15 is 0 Å². The second-order valence-corrected chi connectivity index (χ2v) is 4.78. The summed E-state index contributed by atoms with van der Waals surface area (Å²) in [7, 11) is 0. The van der Waals surface area contributed by atoms with E-state index in [0.717, 1.165) is 23.3 Å². The minimum atomic E-state index is -1.56. The predicted molar refractivity (Wildman–Crippen MR) is 77.8 cm³/mol. The fourth-order valence-electron chi connectivity index (χ4n) is 1.90. The Kier molecular flexibility index (Phi) is 5.04. The molecular formula is C16H15F3N2O. The molecule has 1 amide bonds. The van der Waals surface area contributed by atoms with Gasteiger partial charge in [0.25, 0.3) is 0 Å². The van der Waals surface area contributed by atoms with Crippen molar-refractivity contribution in [1.29, 1.82) is 0 Å². The first-order valence-corrected chi connectivity index (χ1v) is 6.67. The van der Waals surface area contributed by atoms with Crippen LogP contribution in [0, 0.1) is 24.4 Å². The molecule has 2 aromatic carbocycles. The van der Waals surface area contributed by atoms with Gasteiger partial charge in [0.15, 0.2) is 17.5 Å². The second-order valence-electron chi connectivity index (χ2n) is 4.78. The lowest BCUT2D eigenvalue weighted by atomic mass is 10.1. The SMILES string of the molecule is Cc1ccccc1CNC(=O)CNc1ccc(F)c(F)c1F. The minimum Gasteiger partial charge on any atom is -0.374 e. The smallest absolute Gasteiger partial charge is 0.239 e. The van der Waals surface area contributed by atoms with Crippen LogP contribution in [0.2, 0.25) is 0 Å². The highest BCUT2D eigenvalue weighted by Crippen LogP contribution is 2.19. The topological polar surface area (TPSA) is 41.1 Å². The number of amides is 1. The van der Waals surface area contributed by atoms with Crippen LogP contribution in [-0.2, 0) is 11.3 Å². The second kappa shape index (κ2) is 6.98. The van der Waals surface area contributed by atoms with Crippen molar-refractivity contribution >= 4 is 11.6 Å². The number of anilines is 1. The Labute approximate surface area is 126 Å². The molecule has 2 aromatic rings. The minimum absolute atomic E-state index is 0.242. The van der Waals surface area contributed by atoms with Gasteiger partial charge in [-0.1, -0.05) is 24.3 Å². The number of rotatable bonds is 5. The first-order valence-electron chi connectivity index (χ1n) is 6.67. The first-order chi connectivity index (χ1) is 10.5. The highest BCUT2D eigenvalue weighted by Gasteiger charge is 2.13. The zero-order chi connectivity index (χ0) is 16.1. The standard InChI is InChI=1S/C16H15F3N2O/c1-10-4-2-3-5-11(10)8-21-14(22)9-20-13-7-6-12(17)15(18)16(13)19/h2-7,20H,8-9H2,1H3,(H,21,22). The number of nitrogens with one attached hydrogen (secondary N) is 2. The molecule has 0 saturated heterocycles. The molecule has 0 atom stereocenters. The monoisotopic (exact) mass is 308 g/mol. The molecule has 0 radical (unpaired) electrons. The zero-order valence-corrected chi connectivity index (χ0v) is 11.9. The maximum Gasteiger partial charge on any atom is 0.239 e. The third-order valence-corrected chi connectivity index (χ3v) is 3.21. The maximum absolute atomic E-state index is 13.4. The normalized spacial score (nSPS) is 10.4. The van der Waals surface area contributed by atoms with Crippen molar-refractivity contribution in [3.63, 3.8) is 0 Å². The lowest BCUT2D eigenvalue weighted by molar-refractivity contribution is -0.119. The number of halogens is 3. The molecule has 22 heavy (non-hydrogen) atoms. The Morgan fingerprint density at radius 1 is 1.05 bits per heavy atom. The molecule has 6 heteroatoms. The first kappa shape index (κ1) is 15.9. The molecule has 0 aromatic heterocycles. The fourth-order valence-corrected chi connectivity index (χ4v) is 1.90. The molecule has 3 nitrogen and oxygen atoms in total. The number of hydrogen-bond acceptors (Lipinski definition) is 2. The van der Waals surface area contributed by atoms with Crippen LogP contribution in [0.3, 0.4) is 0 Å². The fraction of sp³-hybridized carbons (Fsp3) is 0.188. The molecule has 2 rings (SSSR count). The van der Waals surface area contributed by atoms with Crippen LogP contribution in [0.4, 0.5) is 18.9 Å². The van der Waals surface area contributed by atoms with Crippen LogP contribution < -0.4 is 10.6 Å². The highest BCUT2D eigenvalue weighted by molar-refractivity contribution is 5.80. The molecule has 0 aliphatic carbocycles. The van der Waals surface area contributed by atoms with Crippen molar-refractivity contribution in [2.75, 3.05) is 11.9 Å². The summed E-state index contributed by atoms with van der Waals surface area (Å²) < 4.78 is 39.2. The maximum atomic E-state index is 13.4. The van der Waals surface area contributed by atoms with E-state index in [2.05, 4.69) is 10.6 Å². The Balaban J connectivity index is 1.88. The molecular weight excluding hydrogens is 293 g/mol. The van der Waals surface area contributed by atoms with Crippen molar-refractivity contribution in [2.45, 2.75) is 13.5 Å². The molecule has 0 unspecified atom stereocenters. The van der Waals surface area contributed by atoms with Crippen molar-refractivity contribution in [2.24, 2.45) is 0 Å². The average molecular weight is 308 g/mol. The molecule has 0 fully saturated rings. The molecule has 0 spiro atoms. The van der Waals surface area contributed by atoms with Gasteiger partial charge in [-0.2, -0.15) is 0 Å². The predicted octanol–water partition coefficient (Wildman–Crippen LogP) is 3.14. The average Bonchev–Trinajstić information content (AvgIpc) is 2.51. The summed E-state index contributed by atoms with van der Waals surface area (Å²) in [4.78, 5) is 11.7. The number of hydrogen-bond donors (Lipinski definition) is 2. The summed E-state index contributed by atoms with van der Waals surface area (Å²) in [6.07, 6.45) is 0. The van der Waals surface area contributed by atoms with Crippen LogP contribution in [0.5, 0.6) is 0 Å². The lowest BCUT2D eigenvalue weighted by Gasteiger charge is -2.10. The zero-order valence-electron chi connectivity index (χ0n) is 11.9. The van der Waals surface area contributed by atoms with E-state index in [1.54, 1.807) is 0 Å². The van der Waals surface area contributed by atoms with Crippen molar-refractivity contribution in [3.05, 3.63) is 65.0 Å². The molecule has 0 bridgehead atoms. The Hall–Kier alpha value is -2.50. The van der Waals surface area contributed by atoms with Gasteiger partial charge < -0.3 is 10.6 Å². The van der Waals surface area contributed by atoms with Gasteiger partial charge in [-0.3, -0.25) is 4.79 Å². The van der Waals surface area contributed by atoms with Gasteiger partial charge in [-0.25, -0.2) is 13.2 Å². The van der Waals surface area contributed by atoms with Gasteiger partial charge in [-0.15, -0.1) is 0 Å². The van der Waals surface area contributed by atoms with Crippen molar-refractivity contribution in [3.8, 4) is 0 Å². The van der Waals surface area contributed by atoms with E-state index in [1.165, 1.54) is 0 Å². The summed E-state index contributed by atoms with van der Waals surface area (Å²) >= 11 is 0. The summed E-state index contributed by atoms with van der Waals surface area (Å²) in [5.41, 5.74) is 1.75. The highest BCUT2D eigenvalue weighted by atomic mass is 19.2.